The molecule has 21 heavy (non-hydrogen) atoms. The molecule has 1 N–H and O–H groups in total. The Morgan fingerprint density at radius 1 is 1.38 bits per heavy atom. The molecular weight excluding hydrogens is 272 g/mol. The topological polar surface area (TPSA) is 84.8 Å². The Balaban J connectivity index is 2.83. The third-order valence-corrected chi connectivity index (χ3v) is 3.47. The van der Waals surface area contributed by atoms with Crippen LogP contribution in [0.1, 0.15) is 33.6 Å². The second-order valence-electron chi connectivity index (χ2n) is 5.97. The van der Waals surface area contributed by atoms with Gasteiger partial charge in [-0.05, 0) is 19.1 Å². The van der Waals surface area contributed by atoms with E-state index in [9.17, 15) is 14.4 Å². The average Bonchev–Trinajstić information content (AvgIpc) is 2.36. The lowest BCUT2D eigenvalue weighted by molar-refractivity contribution is -0.141. The molecule has 1 aliphatic carbocycles. The number of nitrogens with one attached hydrogen (secondary N) is 1. The molecule has 6 nitrogen and oxygen atoms in total. The summed E-state index contributed by atoms with van der Waals surface area (Å²) in [7, 11) is 1.27. The van der Waals surface area contributed by atoms with Crippen molar-refractivity contribution < 1.29 is 19.1 Å². The fourth-order valence-corrected chi connectivity index (χ4v) is 2.38. The number of methoxy groups -OCH3 is 1. The van der Waals surface area contributed by atoms with E-state index in [1.54, 1.807) is 6.92 Å². The summed E-state index contributed by atoms with van der Waals surface area (Å²) in [6, 6.07) is -0.768. The maximum absolute atomic E-state index is 12.1. The zero-order valence-corrected chi connectivity index (χ0v) is 13.0. The fourth-order valence-electron chi connectivity index (χ4n) is 2.38. The van der Waals surface area contributed by atoms with Gasteiger partial charge in [-0.25, -0.2) is 4.79 Å². The maximum Gasteiger partial charge on any atom is 0.332 e. The van der Waals surface area contributed by atoms with Crippen LogP contribution in [0.2, 0.25) is 0 Å². The Kier molecular flexibility index (Phi) is 5.41. The zero-order chi connectivity index (χ0) is 16.2. The van der Waals surface area contributed by atoms with Gasteiger partial charge in [0.25, 0.3) is 0 Å². The maximum atomic E-state index is 12.1. The minimum absolute atomic E-state index is 0.134. The van der Waals surface area contributed by atoms with Gasteiger partial charge in [0.05, 0.1) is 12.7 Å². The van der Waals surface area contributed by atoms with Gasteiger partial charge >= 0.3 is 5.97 Å². The van der Waals surface area contributed by atoms with Gasteiger partial charge in [0.2, 0.25) is 0 Å². The molecule has 0 bridgehead atoms. The normalized spacial score (nSPS) is 19.0. The van der Waals surface area contributed by atoms with Crippen LogP contribution in [0.4, 0.5) is 0 Å². The molecule has 0 saturated heterocycles. The average molecular weight is 294 g/mol. The van der Waals surface area contributed by atoms with Crippen LogP contribution < -0.4 is 5.32 Å². The van der Waals surface area contributed by atoms with Crippen molar-refractivity contribution in [2.45, 2.75) is 39.7 Å². The zero-order valence-electron chi connectivity index (χ0n) is 13.0. The van der Waals surface area contributed by atoms with Crippen molar-refractivity contribution in [3.63, 3.8) is 0 Å². The second kappa shape index (κ2) is 6.65. The van der Waals surface area contributed by atoms with Crippen LogP contribution >= 0.6 is 0 Å². The molecule has 0 heterocycles. The van der Waals surface area contributed by atoms with Crippen LogP contribution in [0.5, 0.6) is 0 Å². The van der Waals surface area contributed by atoms with E-state index < -0.39 is 12.0 Å². The monoisotopic (exact) mass is 294 g/mol. The molecule has 1 fully saturated rings. The molecular formula is C15H22N2O4. The first-order valence-electron chi connectivity index (χ1n) is 6.76. The van der Waals surface area contributed by atoms with E-state index >= 15 is 0 Å². The van der Waals surface area contributed by atoms with Crippen molar-refractivity contribution in [1.29, 1.82) is 0 Å². The predicted octanol–water partition coefficient (Wildman–Crippen LogP) is 1.05. The van der Waals surface area contributed by atoms with Crippen molar-refractivity contribution in [3.8, 4) is 0 Å². The minimum Gasteiger partial charge on any atom is -0.467 e. The smallest absolute Gasteiger partial charge is 0.332 e. The van der Waals surface area contributed by atoms with E-state index in [1.165, 1.54) is 7.11 Å². The highest BCUT2D eigenvalue weighted by Crippen LogP contribution is 2.34. The number of ketones is 2. The summed E-state index contributed by atoms with van der Waals surface area (Å²) in [5.74, 6) is -0.845. The molecule has 1 atom stereocenters. The lowest BCUT2D eigenvalue weighted by Crippen LogP contribution is -2.36. The van der Waals surface area contributed by atoms with Crippen LogP contribution in [0, 0.1) is 5.41 Å². The third kappa shape index (κ3) is 4.24. The van der Waals surface area contributed by atoms with E-state index in [2.05, 4.69) is 21.8 Å². The standard InChI is InChI=1S/C15H22N2O4/c1-9(17-8-10(16-4)14(20)21-5)13-11(18)6-15(2,3)7-12(13)19/h10,17H,4,6-8H2,1-3,5H3/t10-/m0/s1. The highest BCUT2D eigenvalue weighted by atomic mass is 16.5. The first-order chi connectivity index (χ1) is 9.71. The number of allylic oxidation sites excluding steroid dienone is 2. The summed E-state index contributed by atoms with van der Waals surface area (Å²) < 4.78 is 4.59. The number of hydrogen-bond donors (Lipinski definition) is 1. The van der Waals surface area contributed by atoms with Crippen LogP contribution in [-0.4, -0.2) is 43.9 Å². The SMILES string of the molecule is C=N[C@@H](CNC(C)=C1C(=O)CC(C)(C)CC1=O)C(=O)OC. The number of Topliss-reactive ketones (excluding diaryl/α,β-unsaturated/α-hetero) is 2. The number of esters is 1. The van der Waals surface area contributed by atoms with E-state index in [0.29, 0.717) is 18.5 Å². The Bertz CT molecular complexity index is 484. The molecule has 0 unspecified atom stereocenters. The summed E-state index contributed by atoms with van der Waals surface area (Å²) >= 11 is 0. The first kappa shape index (κ1) is 17.1. The van der Waals surface area contributed by atoms with E-state index in [0.717, 1.165) is 0 Å². The summed E-state index contributed by atoms with van der Waals surface area (Å²) in [4.78, 5) is 39.3. The predicted molar refractivity (Wildman–Crippen MR) is 79.1 cm³/mol. The summed E-state index contributed by atoms with van der Waals surface area (Å²) in [6.07, 6.45) is 0.681. The van der Waals surface area contributed by atoms with Gasteiger partial charge in [0.1, 0.15) is 0 Å². The lowest BCUT2D eigenvalue weighted by atomic mass is 9.73. The number of rotatable bonds is 5. The molecule has 6 heteroatoms. The molecule has 1 aliphatic rings. The number of hydrogen-bond acceptors (Lipinski definition) is 6. The largest absolute Gasteiger partial charge is 0.467 e. The molecule has 0 aliphatic heterocycles. The number of ether oxygens (including phenoxy) is 1. The Labute approximate surface area is 124 Å². The highest BCUT2D eigenvalue weighted by molar-refractivity contribution is 6.22. The molecule has 0 aromatic heterocycles. The van der Waals surface area contributed by atoms with E-state index in [4.69, 9.17) is 0 Å². The van der Waals surface area contributed by atoms with Gasteiger partial charge in [-0.1, -0.05) is 13.8 Å². The molecule has 0 amide bonds. The summed E-state index contributed by atoms with van der Waals surface area (Å²) in [5.41, 5.74) is 0.370. The molecule has 1 rings (SSSR count). The number of nitrogens with zero attached hydrogens (tertiary/aromatic N) is 1. The Hall–Kier alpha value is -1.98. The van der Waals surface area contributed by atoms with Gasteiger partial charge in [0.15, 0.2) is 17.6 Å². The third-order valence-electron chi connectivity index (χ3n) is 3.47. The van der Waals surface area contributed by atoms with Crippen molar-refractivity contribution in [2.75, 3.05) is 13.7 Å². The van der Waals surface area contributed by atoms with Crippen LogP contribution in [-0.2, 0) is 19.1 Å². The van der Waals surface area contributed by atoms with Crippen molar-refractivity contribution in [2.24, 2.45) is 10.4 Å². The molecule has 0 aromatic carbocycles. The van der Waals surface area contributed by atoms with Gasteiger partial charge in [-0.3, -0.25) is 14.6 Å². The van der Waals surface area contributed by atoms with E-state index in [1.807, 2.05) is 13.8 Å². The molecule has 0 spiro atoms. The number of carbonyl (C=O) groups excluding carboxylic acids is 3. The van der Waals surface area contributed by atoms with Gasteiger partial charge < -0.3 is 10.1 Å². The first-order valence-corrected chi connectivity index (χ1v) is 6.76. The molecule has 1 saturated carbocycles. The van der Waals surface area contributed by atoms with E-state index in [-0.39, 0.29) is 29.1 Å². The molecule has 0 aromatic rings. The van der Waals surface area contributed by atoms with Crippen molar-refractivity contribution in [1.82, 2.24) is 5.32 Å². The van der Waals surface area contributed by atoms with Crippen LogP contribution in [0.15, 0.2) is 16.3 Å². The fraction of sp³-hybridized carbons (Fsp3) is 0.600. The van der Waals surface area contributed by atoms with Gasteiger partial charge in [0, 0.05) is 25.1 Å². The van der Waals surface area contributed by atoms with Crippen LogP contribution in [0.25, 0.3) is 0 Å². The Morgan fingerprint density at radius 2 is 1.90 bits per heavy atom. The minimum atomic E-state index is -0.768. The van der Waals surface area contributed by atoms with Crippen molar-refractivity contribution >= 4 is 24.3 Å². The van der Waals surface area contributed by atoms with Crippen LogP contribution in [0.3, 0.4) is 0 Å². The lowest BCUT2D eigenvalue weighted by Gasteiger charge is -2.29. The summed E-state index contributed by atoms with van der Waals surface area (Å²) in [6.45, 7) is 8.92. The van der Waals surface area contributed by atoms with Gasteiger partial charge in [-0.15, -0.1) is 0 Å². The number of carbonyl (C=O) groups is 3. The Morgan fingerprint density at radius 3 is 2.33 bits per heavy atom. The number of aliphatic imine (C=N–C) groups is 1. The molecule has 0 radical (unpaired) electrons. The molecule has 116 valence electrons. The summed E-state index contributed by atoms with van der Waals surface area (Å²) in [5, 5.41) is 2.91. The quantitative estimate of drug-likeness (QED) is 0.354. The second-order valence-corrected chi connectivity index (χ2v) is 5.97. The van der Waals surface area contributed by atoms with Crippen molar-refractivity contribution in [3.05, 3.63) is 11.3 Å². The van der Waals surface area contributed by atoms with Gasteiger partial charge in [-0.2, -0.15) is 0 Å². The highest BCUT2D eigenvalue weighted by Gasteiger charge is 2.36.